The summed E-state index contributed by atoms with van der Waals surface area (Å²) in [6, 6.07) is 10.6. The van der Waals surface area contributed by atoms with Gasteiger partial charge >= 0.3 is 0 Å². The molecule has 0 radical (unpaired) electrons. The molecule has 0 aromatic heterocycles. The van der Waals surface area contributed by atoms with E-state index >= 15 is 0 Å². The Kier molecular flexibility index (Phi) is 6.69. The van der Waals surface area contributed by atoms with E-state index in [0.717, 1.165) is 5.56 Å². The van der Waals surface area contributed by atoms with Gasteiger partial charge in [-0.15, -0.1) is 12.4 Å². The summed E-state index contributed by atoms with van der Waals surface area (Å²) in [4.78, 5) is 0. The van der Waals surface area contributed by atoms with E-state index in [1.807, 2.05) is 30.3 Å². The second-order valence-corrected chi connectivity index (χ2v) is 5.15. The lowest BCUT2D eigenvalue weighted by atomic mass is 9.94. The predicted octanol–water partition coefficient (Wildman–Crippen LogP) is 3.45. The van der Waals surface area contributed by atoms with Crippen molar-refractivity contribution >= 4 is 12.4 Å². The maximum absolute atomic E-state index is 10.3. The second kappa shape index (κ2) is 7.78. The van der Waals surface area contributed by atoms with Crippen LogP contribution >= 0.6 is 12.4 Å². The van der Waals surface area contributed by atoms with Gasteiger partial charge in [0, 0.05) is 12.1 Å². The third-order valence-corrected chi connectivity index (χ3v) is 3.72. The van der Waals surface area contributed by atoms with Crippen LogP contribution in [0.2, 0.25) is 0 Å². The van der Waals surface area contributed by atoms with E-state index in [-0.39, 0.29) is 18.4 Å². The van der Waals surface area contributed by atoms with Crippen molar-refractivity contribution < 1.29 is 5.11 Å². The fourth-order valence-corrected chi connectivity index (χ4v) is 2.67. The van der Waals surface area contributed by atoms with Crippen LogP contribution in [-0.2, 0) is 0 Å². The van der Waals surface area contributed by atoms with Crippen LogP contribution in [0, 0.1) is 0 Å². The molecule has 2 N–H and O–H groups in total. The minimum absolute atomic E-state index is 0. The van der Waals surface area contributed by atoms with Gasteiger partial charge in [-0.2, -0.15) is 0 Å². The lowest BCUT2D eigenvalue weighted by Crippen LogP contribution is -2.41. The number of rotatable bonds is 4. The average molecular weight is 270 g/mol. The highest BCUT2D eigenvalue weighted by atomic mass is 35.5. The zero-order chi connectivity index (χ0) is 12.1. The first kappa shape index (κ1) is 15.5. The molecule has 2 atom stereocenters. The Morgan fingerprint density at radius 3 is 2.33 bits per heavy atom. The van der Waals surface area contributed by atoms with Gasteiger partial charge in [-0.25, -0.2) is 0 Å². The Balaban J connectivity index is 0.00000162. The van der Waals surface area contributed by atoms with Gasteiger partial charge in [0.2, 0.25) is 0 Å². The van der Waals surface area contributed by atoms with Gasteiger partial charge in [0.25, 0.3) is 0 Å². The van der Waals surface area contributed by atoms with Crippen molar-refractivity contribution in [3.63, 3.8) is 0 Å². The first-order chi connectivity index (χ1) is 8.27. The van der Waals surface area contributed by atoms with E-state index in [1.54, 1.807) is 0 Å². The van der Waals surface area contributed by atoms with Gasteiger partial charge in [0.05, 0.1) is 6.10 Å². The minimum atomic E-state index is -0.405. The SMILES string of the molecule is C[C@H](NC1CCCCC1)C(O)c1ccccc1.Cl. The smallest absolute Gasteiger partial charge is 0.0940 e. The van der Waals surface area contributed by atoms with Crippen molar-refractivity contribution in [3.05, 3.63) is 35.9 Å². The van der Waals surface area contributed by atoms with Crippen LogP contribution in [-0.4, -0.2) is 17.2 Å². The highest BCUT2D eigenvalue weighted by Crippen LogP contribution is 2.21. The first-order valence-electron chi connectivity index (χ1n) is 6.76. The molecule has 1 aliphatic carbocycles. The Morgan fingerprint density at radius 2 is 1.72 bits per heavy atom. The monoisotopic (exact) mass is 269 g/mol. The van der Waals surface area contributed by atoms with E-state index in [4.69, 9.17) is 0 Å². The predicted molar refractivity (Wildman–Crippen MR) is 78.1 cm³/mol. The largest absolute Gasteiger partial charge is 0.387 e. The minimum Gasteiger partial charge on any atom is -0.387 e. The van der Waals surface area contributed by atoms with Crippen molar-refractivity contribution in [1.29, 1.82) is 0 Å². The molecule has 1 fully saturated rings. The molecule has 1 aromatic carbocycles. The Hall–Kier alpha value is -0.570. The normalized spacial score (nSPS) is 19.9. The van der Waals surface area contributed by atoms with Gasteiger partial charge in [-0.3, -0.25) is 0 Å². The molecule has 102 valence electrons. The lowest BCUT2D eigenvalue weighted by Gasteiger charge is -2.29. The molecule has 0 bridgehead atoms. The standard InChI is InChI=1S/C15H23NO.ClH/c1-12(16-14-10-6-3-7-11-14)15(17)13-8-4-2-5-9-13;/h2,4-5,8-9,12,14-17H,3,6-7,10-11H2,1H3;1H/t12-,15?;/m0./s1. The molecule has 1 aromatic rings. The van der Waals surface area contributed by atoms with E-state index in [0.29, 0.717) is 6.04 Å². The molecule has 0 spiro atoms. The summed E-state index contributed by atoms with van der Waals surface area (Å²) in [5.74, 6) is 0. The highest BCUT2D eigenvalue weighted by Gasteiger charge is 2.20. The quantitative estimate of drug-likeness (QED) is 0.878. The summed E-state index contributed by atoms with van der Waals surface area (Å²) in [6.07, 6.45) is 6.13. The number of aliphatic hydroxyl groups is 1. The number of nitrogens with one attached hydrogen (secondary N) is 1. The van der Waals surface area contributed by atoms with Gasteiger partial charge in [-0.05, 0) is 25.3 Å². The second-order valence-electron chi connectivity index (χ2n) is 5.15. The molecule has 18 heavy (non-hydrogen) atoms. The number of halogens is 1. The molecule has 2 rings (SSSR count). The summed E-state index contributed by atoms with van der Waals surface area (Å²) in [5.41, 5.74) is 1.00. The molecule has 3 heteroatoms. The summed E-state index contributed by atoms with van der Waals surface area (Å²) >= 11 is 0. The summed E-state index contributed by atoms with van der Waals surface area (Å²) in [6.45, 7) is 2.08. The Labute approximate surface area is 116 Å². The molecule has 0 aliphatic heterocycles. The topological polar surface area (TPSA) is 32.3 Å². The van der Waals surface area contributed by atoms with Crippen molar-refractivity contribution in [2.45, 2.75) is 57.2 Å². The first-order valence-corrected chi connectivity index (χ1v) is 6.76. The fourth-order valence-electron chi connectivity index (χ4n) is 2.67. The van der Waals surface area contributed by atoms with Crippen molar-refractivity contribution in [2.24, 2.45) is 0 Å². The van der Waals surface area contributed by atoms with Crippen LogP contribution < -0.4 is 5.32 Å². The maximum Gasteiger partial charge on any atom is 0.0940 e. The summed E-state index contributed by atoms with van der Waals surface area (Å²) in [5, 5.41) is 13.8. The number of hydrogen-bond donors (Lipinski definition) is 2. The van der Waals surface area contributed by atoms with Crippen LogP contribution in [0.4, 0.5) is 0 Å². The average Bonchev–Trinajstić information content (AvgIpc) is 2.40. The summed E-state index contributed by atoms with van der Waals surface area (Å²) in [7, 11) is 0. The van der Waals surface area contributed by atoms with Crippen LogP contribution in [0.1, 0.15) is 50.7 Å². The molecule has 1 unspecified atom stereocenters. The number of benzene rings is 1. The Bertz CT molecular complexity index is 325. The number of hydrogen-bond acceptors (Lipinski definition) is 2. The van der Waals surface area contributed by atoms with Gasteiger partial charge < -0.3 is 10.4 Å². The van der Waals surface area contributed by atoms with Crippen LogP contribution in [0.3, 0.4) is 0 Å². The van der Waals surface area contributed by atoms with Crippen LogP contribution in [0.5, 0.6) is 0 Å². The third-order valence-electron chi connectivity index (χ3n) is 3.72. The maximum atomic E-state index is 10.3. The molecule has 0 saturated heterocycles. The third kappa shape index (κ3) is 4.27. The molecule has 0 heterocycles. The zero-order valence-electron chi connectivity index (χ0n) is 11.0. The number of aliphatic hydroxyl groups excluding tert-OH is 1. The Morgan fingerprint density at radius 1 is 1.11 bits per heavy atom. The lowest BCUT2D eigenvalue weighted by molar-refractivity contribution is 0.125. The van der Waals surface area contributed by atoms with Crippen molar-refractivity contribution in [1.82, 2.24) is 5.32 Å². The molecule has 0 amide bonds. The van der Waals surface area contributed by atoms with Crippen LogP contribution in [0.15, 0.2) is 30.3 Å². The van der Waals surface area contributed by atoms with E-state index in [1.165, 1.54) is 32.1 Å². The van der Waals surface area contributed by atoms with Gasteiger partial charge in [-0.1, -0.05) is 49.6 Å². The van der Waals surface area contributed by atoms with Crippen molar-refractivity contribution in [2.75, 3.05) is 0 Å². The highest BCUT2D eigenvalue weighted by molar-refractivity contribution is 5.85. The molecule has 1 aliphatic rings. The van der Waals surface area contributed by atoms with Gasteiger partial charge in [0.1, 0.15) is 0 Å². The zero-order valence-corrected chi connectivity index (χ0v) is 11.8. The van der Waals surface area contributed by atoms with Gasteiger partial charge in [0.15, 0.2) is 0 Å². The van der Waals surface area contributed by atoms with Crippen LogP contribution in [0.25, 0.3) is 0 Å². The molecule has 2 nitrogen and oxygen atoms in total. The van der Waals surface area contributed by atoms with E-state index < -0.39 is 6.10 Å². The van der Waals surface area contributed by atoms with Crippen molar-refractivity contribution in [3.8, 4) is 0 Å². The van der Waals surface area contributed by atoms with E-state index in [9.17, 15) is 5.11 Å². The summed E-state index contributed by atoms with van der Waals surface area (Å²) < 4.78 is 0. The van der Waals surface area contributed by atoms with E-state index in [2.05, 4.69) is 12.2 Å². The molecule has 1 saturated carbocycles. The molecular weight excluding hydrogens is 246 g/mol. The fraction of sp³-hybridized carbons (Fsp3) is 0.600. The molecular formula is C15H24ClNO.